The van der Waals surface area contributed by atoms with Crippen LogP contribution in [0.3, 0.4) is 0 Å². The molecule has 0 fully saturated rings. The highest BCUT2D eigenvalue weighted by Crippen LogP contribution is 2.11. The molecule has 4 heteroatoms. The van der Waals surface area contributed by atoms with Crippen molar-refractivity contribution in [2.45, 2.75) is 58.3 Å². The summed E-state index contributed by atoms with van der Waals surface area (Å²) >= 11 is 0. The normalized spacial score (nSPS) is 12.7. The van der Waals surface area contributed by atoms with E-state index in [9.17, 15) is 9.59 Å². The fourth-order valence-corrected chi connectivity index (χ4v) is 1.73. The summed E-state index contributed by atoms with van der Waals surface area (Å²) < 4.78 is 0. The van der Waals surface area contributed by atoms with Crippen molar-refractivity contribution in [2.75, 3.05) is 0 Å². The molecule has 0 radical (unpaired) electrons. The first-order valence-corrected chi connectivity index (χ1v) is 6.67. The molecule has 0 saturated heterocycles. The minimum Gasteiger partial charge on any atom is -0.481 e. The summed E-state index contributed by atoms with van der Waals surface area (Å²) in [6, 6.07) is 0. The first-order chi connectivity index (χ1) is 8.57. The molecule has 0 spiro atoms. The molecule has 18 heavy (non-hydrogen) atoms. The fourth-order valence-electron chi connectivity index (χ4n) is 1.73. The molecule has 0 aliphatic heterocycles. The zero-order valence-electron chi connectivity index (χ0n) is 11.1. The summed E-state index contributed by atoms with van der Waals surface area (Å²) in [5, 5.41) is 17.4. The summed E-state index contributed by atoms with van der Waals surface area (Å²) in [5.74, 6) is -2.90. The summed E-state index contributed by atoms with van der Waals surface area (Å²) in [6.45, 7) is 2.17. The van der Waals surface area contributed by atoms with Crippen molar-refractivity contribution in [1.29, 1.82) is 0 Å². The summed E-state index contributed by atoms with van der Waals surface area (Å²) in [5.41, 5.74) is 0. The van der Waals surface area contributed by atoms with E-state index in [-0.39, 0.29) is 6.42 Å². The Labute approximate surface area is 109 Å². The van der Waals surface area contributed by atoms with E-state index in [4.69, 9.17) is 10.2 Å². The van der Waals surface area contributed by atoms with Gasteiger partial charge in [-0.2, -0.15) is 0 Å². The molecule has 0 aromatic carbocycles. The monoisotopic (exact) mass is 256 g/mol. The van der Waals surface area contributed by atoms with Crippen LogP contribution in [0.2, 0.25) is 0 Å². The zero-order chi connectivity index (χ0) is 13.8. The Morgan fingerprint density at radius 2 is 1.72 bits per heavy atom. The Bertz CT molecular complexity index is 271. The summed E-state index contributed by atoms with van der Waals surface area (Å²) in [4.78, 5) is 21.2. The van der Waals surface area contributed by atoms with E-state index < -0.39 is 17.9 Å². The van der Waals surface area contributed by atoms with Crippen LogP contribution < -0.4 is 0 Å². The largest absolute Gasteiger partial charge is 0.481 e. The van der Waals surface area contributed by atoms with Gasteiger partial charge < -0.3 is 10.2 Å². The van der Waals surface area contributed by atoms with Crippen LogP contribution in [0.25, 0.3) is 0 Å². The number of carboxylic acid groups (broad SMARTS) is 2. The van der Waals surface area contributed by atoms with Gasteiger partial charge in [0.2, 0.25) is 0 Å². The summed E-state index contributed by atoms with van der Waals surface area (Å²) in [7, 11) is 0. The van der Waals surface area contributed by atoms with Crippen molar-refractivity contribution in [3.05, 3.63) is 12.2 Å². The highest BCUT2D eigenvalue weighted by molar-refractivity contribution is 5.77. The Morgan fingerprint density at radius 3 is 2.28 bits per heavy atom. The quantitative estimate of drug-likeness (QED) is 0.438. The standard InChI is InChI=1S/C14H24O4/c1-2-3-4-5-6-7-8-9-10-12(14(17)18)11-13(15)16/h8-9,12H,2-7,10-11H2,1H3,(H,15,16)(H,17,18). The smallest absolute Gasteiger partial charge is 0.307 e. The number of hydrogen-bond donors (Lipinski definition) is 2. The Balaban J connectivity index is 3.70. The Hall–Kier alpha value is -1.32. The van der Waals surface area contributed by atoms with Crippen LogP contribution in [-0.4, -0.2) is 22.2 Å². The molecule has 1 atom stereocenters. The number of rotatable bonds is 11. The lowest BCUT2D eigenvalue weighted by Gasteiger charge is -2.05. The van der Waals surface area contributed by atoms with Crippen LogP contribution in [0.15, 0.2) is 12.2 Å². The van der Waals surface area contributed by atoms with Gasteiger partial charge >= 0.3 is 11.9 Å². The molecule has 0 saturated carbocycles. The van der Waals surface area contributed by atoms with Crippen LogP contribution in [0.5, 0.6) is 0 Å². The third kappa shape index (κ3) is 9.87. The maximum Gasteiger partial charge on any atom is 0.307 e. The minimum atomic E-state index is -1.06. The molecule has 0 amide bonds. The van der Waals surface area contributed by atoms with Gasteiger partial charge in [0.15, 0.2) is 0 Å². The van der Waals surface area contributed by atoms with Crippen LogP contribution in [0.4, 0.5) is 0 Å². The van der Waals surface area contributed by atoms with Gasteiger partial charge in [0.1, 0.15) is 0 Å². The van der Waals surface area contributed by atoms with Gasteiger partial charge in [-0.15, -0.1) is 0 Å². The number of carboxylic acids is 2. The lowest BCUT2D eigenvalue weighted by Crippen LogP contribution is -2.16. The topological polar surface area (TPSA) is 74.6 Å². The lowest BCUT2D eigenvalue weighted by molar-refractivity contribution is -0.148. The van der Waals surface area contributed by atoms with Crippen molar-refractivity contribution in [1.82, 2.24) is 0 Å². The van der Waals surface area contributed by atoms with Gasteiger partial charge in [-0.05, 0) is 19.3 Å². The van der Waals surface area contributed by atoms with E-state index in [0.717, 1.165) is 12.8 Å². The molecule has 0 aliphatic carbocycles. The third-order valence-corrected chi connectivity index (χ3v) is 2.83. The van der Waals surface area contributed by atoms with E-state index in [1.165, 1.54) is 25.7 Å². The highest BCUT2D eigenvalue weighted by Gasteiger charge is 2.18. The van der Waals surface area contributed by atoms with Gasteiger partial charge in [-0.3, -0.25) is 9.59 Å². The van der Waals surface area contributed by atoms with E-state index in [1.807, 2.05) is 6.08 Å². The van der Waals surface area contributed by atoms with Crippen molar-refractivity contribution >= 4 is 11.9 Å². The SMILES string of the molecule is CCCCCCCC=CCC(CC(=O)O)C(=O)O. The Morgan fingerprint density at radius 1 is 1.06 bits per heavy atom. The second kappa shape index (κ2) is 10.8. The maximum atomic E-state index is 10.8. The predicted molar refractivity (Wildman–Crippen MR) is 70.5 cm³/mol. The molecule has 1 unspecified atom stereocenters. The molecule has 4 nitrogen and oxygen atoms in total. The second-order valence-electron chi connectivity index (χ2n) is 4.54. The molecule has 0 bridgehead atoms. The molecule has 0 aromatic rings. The zero-order valence-corrected chi connectivity index (χ0v) is 11.1. The van der Waals surface area contributed by atoms with Crippen molar-refractivity contribution < 1.29 is 19.8 Å². The molecule has 0 rings (SSSR count). The Kier molecular flexibility index (Phi) is 10.0. The minimum absolute atomic E-state index is 0.302. The molecule has 0 heterocycles. The maximum absolute atomic E-state index is 10.8. The first kappa shape index (κ1) is 16.7. The van der Waals surface area contributed by atoms with E-state index in [0.29, 0.717) is 6.42 Å². The van der Waals surface area contributed by atoms with Crippen LogP contribution in [-0.2, 0) is 9.59 Å². The number of hydrogen-bond acceptors (Lipinski definition) is 2. The lowest BCUT2D eigenvalue weighted by atomic mass is 10.0. The first-order valence-electron chi connectivity index (χ1n) is 6.67. The molecular weight excluding hydrogens is 232 g/mol. The van der Waals surface area contributed by atoms with E-state index in [1.54, 1.807) is 6.08 Å². The average Bonchev–Trinajstić information content (AvgIpc) is 2.30. The van der Waals surface area contributed by atoms with Gasteiger partial charge in [0.25, 0.3) is 0 Å². The second-order valence-corrected chi connectivity index (χ2v) is 4.54. The predicted octanol–water partition coefficient (Wildman–Crippen LogP) is 3.47. The number of unbranched alkanes of at least 4 members (excludes halogenated alkanes) is 5. The number of allylic oxidation sites excluding steroid dienone is 2. The van der Waals surface area contributed by atoms with Crippen LogP contribution >= 0.6 is 0 Å². The van der Waals surface area contributed by atoms with Gasteiger partial charge in [0, 0.05) is 0 Å². The molecule has 0 aliphatic rings. The number of carbonyl (C=O) groups is 2. The van der Waals surface area contributed by atoms with Crippen molar-refractivity contribution in [3.8, 4) is 0 Å². The van der Waals surface area contributed by atoms with Crippen molar-refractivity contribution in [3.63, 3.8) is 0 Å². The highest BCUT2D eigenvalue weighted by atomic mass is 16.4. The van der Waals surface area contributed by atoms with E-state index >= 15 is 0 Å². The summed E-state index contributed by atoms with van der Waals surface area (Å²) in [6.07, 6.45) is 10.8. The van der Waals surface area contributed by atoms with E-state index in [2.05, 4.69) is 6.92 Å². The average molecular weight is 256 g/mol. The molecule has 104 valence electrons. The van der Waals surface area contributed by atoms with Crippen LogP contribution in [0.1, 0.15) is 58.3 Å². The molecule has 0 aromatic heterocycles. The van der Waals surface area contributed by atoms with Gasteiger partial charge in [-0.25, -0.2) is 0 Å². The number of aliphatic carboxylic acids is 2. The van der Waals surface area contributed by atoms with Gasteiger partial charge in [-0.1, -0.05) is 44.8 Å². The fraction of sp³-hybridized carbons (Fsp3) is 0.714. The molecular formula is C14H24O4. The molecule has 2 N–H and O–H groups in total. The van der Waals surface area contributed by atoms with Gasteiger partial charge in [0.05, 0.1) is 12.3 Å². The van der Waals surface area contributed by atoms with Crippen LogP contribution in [0, 0.1) is 5.92 Å². The third-order valence-electron chi connectivity index (χ3n) is 2.83. The van der Waals surface area contributed by atoms with Crippen molar-refractivity contribution in [2.24, 2.45) is 5.92 Å².